The molecule has 128 valence electrons. The van der Waals surface area contributed by atoms with Gasteiger partial charge >= 0.3 is 6.03 Å². The summed E-state index contributed by atoms with van der Waals surface area (Å²) in [4.78, 5) is 18.2. The van der Waals surface area contributed by atoms with E-state index in [4.69, 9.17) is 0 Å². The fourth-order valence-corrected chi connectivity index (χ4v) is 2.34. The summed E-state index contributed by atoms with van der Waals surface area (Å²) in [5, 5.41) is 2.85. The molecular formula is C18H23FN4O. The van der Waals surface area contributed by atoms with E-state index in [2.05, 4.69) is 16.9 Å². The highest BCUT2D eigenvalue weighted by molar-refractivity contribution is 5.74. The predicted molar refractivity (Wildman–Crippen MR) is 92.0 cm³/mol. The lowest BCUT2D eigenvalue weighted by molar-refractivity contribution is 0.199. The molecular weight excluding hydrogens is 307 g/mol. The number of nitrogens with zero attached hydrogens (tertiary/aromatic N) is 3. The summed E-state index contributed by atoms with van der Waals surface area (Å²) in [6.07, 6.45) is 6.00. The van der Waals surface area contributed by atoms with Crippen molar-refractivity contribution in [3.63, 3.8) is 0 Å². The van der Waals surface area contributed by atoms with Gasteiger partial charge in [0.1, 0.15) is 11.6 Å². The van der Waals surface area contributed by atoms with Crippen LogP contribution in [0.25, 0.3) is 0 Å². The highest BCUT2D eigenvalue weighted by Gasteiger charge is 2.15. The van der Waals surface area contributed by atoms with E-state index in [9.17, 15) is 9.18 Å². The third kappa shape index (κ3) is 4.68. The normalized spacial score (nSPS) is 10.4. The number of benzene rings is 1. The second-order valence-electron chi connectivity index (χ2n) is 5.46. The van der Waals surface area contributed by atoms with Crippen LogP contribution in [0.5, 0.6) is 0 Å². The number of carbonyl (C=O) groups excluding carboxylic acids is 1. The van der Waals surface area contributed by atoms with Gasteiger partial charge in [0.05, 0.1) is 13.1 Å². The molecule has 0 aliphatic rings. The Morgan fingerprint density at radius 3 is 2.96 bits per heavy atom. The van der Waals surface area contributed by atoms with Gasteiger partial charge < -0.3 is 14.8 Å². The minimum absolute atomic E-state index is 0.155. The van der Waals surface area contributed by atoms with Crippen molar-refractivity contribution < 1.29 is 9.18 Å². The zero-order chi connectivity index (χ0) is 17.4. The van der Waals surface area contributed by atoms with Crippen LogP contribution >= 0.6 is 0 Å². The van der Waals surface area contributed by atoms with Crippen molar-refractivity contribution in [2.45, 2.75) is 26.4 Å². The molecule has 1 heterocycles. The van der Waals surface area contributed by atoms with Gasteiger partial charge in [-0.25, -0.2) is 14.2 Å². The van der Waals surface area contributed by atoms with Crippen LogP contribution in [0.1, 0.15) is 24.7 Å². The summed E-state index contributed by atoms with van der Waals surface area (Å²) in [6, 6.07) is 6.49. The van der Waals surface area contributed by atoms with Gasteiger partial charge in [-0.1, -0.05) is 31.2 Å². The number of rotatable bonds is 8. The minimum Gasteiger partial charge on any atom is -0.338 e. The number of carbonyl (C=O) groups is 1. The Bertz CT molecular complexity index is 683. The number of nitrogens with one attached hydrogen (secondary N) is 1. The van der Waals surface area contributed by atoms with Crippen LogP contribution in [0, 0.1) is 5.82 Å². The molecule has 1 aromatic heterocycles. The number of hydrogen-bond donors (Lipinski definition) is 1. The van der Waals surface area contributed by atoms with Gasteiger partial charge in [-0.05, 0) is 12.5 Å². The van der Waals surface area contributed by atoms with Gasteiger partial charge in [0.15, 0.2) is 0 Å². The zero-order valence-electron chi connectivity index (χ0n) is 13.9. The lowest BCUT2D eigenvalue weighted by Gasteiger charge is -2.22. The van der Waals surface area contributed by atoms with Crippen molar-refractivity contribution in [2.75, 3.05) is 13.1 Å². The molecule has 6 heteroatoms. The highest BCUT2D eigenvalue weighted by Crippen LogP contribution is 2.11. The molecule has 0 saturated heterocycles. The first-order valence-electron chi connectivity index (χ1n) is 8.02. The van der Waals surface area contributed by atoms with E-state index in [1.807, 2.05) is 11.5 Å². The van der Waals surface area contributed by atoms with E-state index in [1.165, 1.54) is 6.07 Å². The Morgan fingerprint density at radius 1 is 1.46 bits per heavy atom. The van der Waals surface area contributed by atoms with Crippen LogP contribution in [-0.4, -0.2) is 33.6 Å². The first kappa shape index (κ1) is 17.7. The number of aromatic nitrogens is 2. The average molecular weight is 330 g/mol. The summed E-state index contributed by atoms with van der Waals surface area (Å²) in [5.41, 5.74) is 0.586. The Labute approximate surface area is 141 Å². The number of hydrogen-bond acceptors (Lipinski definition) is 2. The van der Waals surface area contributed by atoms with Crippen molar-refractivity contribution in [1.29, 1.82) is 0 Å². The molecule has 5 nitrogen and oxygen atoms in total. The molecule has 0 aliphatic heterocycles. The van der Waals surface area contributed by atoms with Gasteiger partial charge in [0.25, 0.3) is 0 Å². The van der Waals surface area contributed by atoms with E-state index < -0.39 is 0 Å². The van der Waals surface area contributed by atoms with Crippen molar-refractivity contribution >= 4 is 6.03 Å². The van der Waals surface area contributed by atoms with Crippen molar-refractivity contribution in [2.24, 2.45) is 0 Å². The molecule has 0 unspecified atom stereocenters. The Morgan fingerprint density at radius 2 is 2.25 bits per heavy atom. The molecule has 0 bridgehead atoms. The summed E-state index contributed by atoms with van der Waals surface area (Å²) in [7, 11) is 0. The van der Waals surface area contributed by atoms with Crippen LogP contribution in [0.3, 0.4) is 0 Å². The van der Waals surface area contributed by atoms with Crippen LogP contribution in [0.15, 0.2) is 49.3 Å². The van der Waals surface area contributed by atoms with Gasteiger partial charge in [-0.2, -0.15) is 0 Å². The molecule has 2 rings (SSSR count). The minimum atomic E-state index is -0.249. The van der Waals surface area contributed by atoms with E-state index in [1.54, 1.807) is 41.6 Å². The largest absolute Gasteiger partial charge is 0.338 e. The van der Waals surface area contributed by atoms with Crippen LogP contribution < -0.4 is 5.32 Å². The SMILES string of the molecule is C=CCN(Cc1nccn1Cc1ccccc1F)C(=O)NCCC. The van der Waals surface area contributed by atoms with Crippen LogP contribution in [0.4, 0.5) is 9.18 Å². The number of imidazole rings is 1. The molecule has 0 atom stereocenters. The highest BCUT2D eigenvalue weighted by atomic mass is 19.1. The maximum absolute atomic E-state index is 13.8. The first-order valence-corrected chi connectivity index (χ1v) is 8.02. The molecule has 0 aliphatic carbocycles. The van der Waals surface area contributed by atoms with Crippen molar-refractivity contribution in [3.8, 4) is 0 Å². The molecule has 1 aromatic carbocycles. The molecule has 0 spiro atoms. The summed E-state index contributed by atoms with van der Waals surface area (Å²) < 4.78 is 15.7. The fourth-order valence-electron chi connectivity index (χ4n) is 2.34. The Kier molecular flexibility index (Phi) is 6.54. The van der Waals surface area contributed by atoms with Crippen LogP contribution in [-0.2, 0) is 13.1 Å². The molecule has 2 aromatic rings. The Balaban J connectivity index is 2.11. The zero-order valence-corrected chi connectivity index (χ0v) is 13.9. The average Bonchev–Trinajstić information content (AvgIpc) is 3.01. The van der Waals surface area contributed by atoms with Crippen molar-refractivity contribution in [3.05, 3.63) is 66.5 Å². The van der Waals surface area contributed by atoms with Crippen LogP contribution in [0.2, 0.25) is 0 Å². The van der Waals surface area contributed by atoms with E-state index >= 15 is 0 Å². The van der Waals surface area contributed by atoms with E-state index in [-0.39, 0.29) is 11.8 Å². The van der Waals surface area contributed by atoms with Gasteiger partial charge in [-0.15, -0.1) is 6.58 Å². The Hall–Kier alpha value is -2.63. The number of urea groups is 1. The maximum atomic E-state index is 13.8. The molecule has 0 radical (unpaired) electrons. The second-order valence-corrected chi connectivity index (χ2v) is 5.46. The first-order chi connectivity index (χ1) is 11.7. The number of halogens is 1. The lowest BCUT2D eigenvalue weighted by atomic mass is 10.2. The van der Waals surface area contributed by atoms with E-state index in [0.717, 1.165) is 6.42 Å². The summed E-state index contributed by atoms with van der Waals surface area (Å²) in [5.74, 6) is 0.451. The van der Waals surface area contributed by atoms with Gasteiger partial charge in [-0.3, -0.25) is 0 Å². The quantitative estimate of drug-likeness (QED) is 0.756. The second kappa shape index (κ2) is 8.86. The van der Waals surface area contributed by atoms with Gasteiger partial charge in [0, 0.05) is 31.0 Å². The standard InChI is InChI=1S/C18H23FN4O/c1-3-9-21-18(24)23(11-4-2)14-17-20-10-12-22(17)13-15-7-5-6-8-16(15)19/h4-8,10,12H,2-3,9,11,13-14H2,1H3,(H,21,24). The molecule has 1 N–H and O–H groups in total. The van der Waals surface area contributed by atoms with Gasteiger partial charge in [0.2, 0.25) is 0 Å². The maximum Gasteiger partial charge on any atom is 0.318 e. The third-order valence-electron chi connectivity index (χ3n) is 3.60. The smallest absolute Gasteiger partial charge is 0.318 e. The number of amides is 2. The van der Waals surface area contributed by atoms with E-state index in [0.29, 0.717) is 37.6 Å². The third-order valence-corrected chi connectivity index (χ3v) is 3.60. The summed E-state index contributed by atoms with van der Waals surface area (Å²) >= 11 is 0. The predicted octanol–water partition coefficient (Wildman–Crippen LogP) is 3.18. The molecule has 0 fully saturated rings. The topological polar surface area (TPSA) is 50.2 Å². The van der Waals surface area contributed by atoms with Crippen molar-refractivity contribution in [1.82, 2.24) is 19.8 Å². The summed E-state index contributed by atoms with van der Waals surface area (Å²) in [6.45, 7) is 7.45. The molecule has 24 heavy (non-hydrogen) atoms. The monoisotopic (exact) mass is 330 g/mol. The molecule has 0 saturated carbocycles. The lowest BCUT2D eigenvalue weighted by Crippen LogP contribution is -2.40. The molecule has 2 amide bonds. The fraction of sp³-hybridized carbons (Fsp3) is 0.333.